The van der Waals surface area contributed by atoms with Gasteiger partial charge in [-0.15, -0.1) is 0 Å². The van der Waals surface area contributed by atoms with Crippen LogP contribution in [0.4, 0.5) is 0 Å². The SMILES string of the molecule is CN=C(NCCC(=O)N(C)Cc1ccccc1)NC1CC(C)(C)Oc2ccccc21. The number of rotatable bonds is 6. The number of amides is 1. The second kappa shape index (κ2) is 9.65. The fraction of sp³-hybridized carbons (Fsp3) is 0.417. The lowest BCUT2D eigenvalue weighted by atomic mass is 9.90. The third kappa shape index (κ3) is 5.75. The summed E-state index contributed by atoms with van der Waals surface area (Å²) >= 11 is 0. The van der Waals surface area contributed by atoms with Crippen molar-refractivity contribution in [1.29, 1.82) is 0 Å². The molecule has 2 aromatic rings. The zero-order valence-corrected chi connectivity index (χ0v) is 18.3. The minimum absolute atomic E-state index is 0.0904. The highest BCUT2D eigenvalue weighted by Gasteiger charge is 2.33. The first-order chi connectivity index (χ1) is 14.4. The topological polar surface area (TPSA) is 66.0 Å². The van der Waals surface area contributed by atoms with Gasteiger partial charge < -0.3 is 20.3 Å². The molecule has 1 unspecified atom stereocenters. The number of carbonyl (C=O) groups excluding carboxylic acids is 1. The Morgan fingerprint density at radius 2 is 1.87 bits per heavy atom. The van der Waals surface area contributed by atoms with Gasteiger partial charge in [-0.1, -0.05) is 48.5 Å². The molecule has 30 heavy (non-hydrogen) atoms. The maximum atomic E-state index is 12.5. The minimum atomic E-state index is -0.263. The van der Waals surface area contributed by atoms with Crippen LogP contribution >= 0.6 is 0 Å². The number of hydrogen-bond acceptors (Lipinski definition) is 3. The van der Waals surface area contributed by atoms with Gasteiger partial charge in [0.15, 0.2) is 5.96 Å². The molecule has 0 saturated heterocycles. The van der Waals surface area contributed by atoms with E-state index < -0.39 is 0 Å². The molecule has 0 bridgehead atoms. The lowest BCUT2D eigenvalue weighted by Gasteiger charge is -2.38. The van der Waals surface area contributed by atoms with Crippen molar-refractivity contribution in [2.24, 2.45) is 4.99 Å². The Balaban J connectivity index is 1.52. The molecule has 0 spiro atoms. The summed E-state index contributed by atoms with van der Waals surface area (Å²) in [5.41, 5.74) is 1.99. The van der Waals surface area contributed by atoms with Crippen LogP contribution in [0.1, 0.15) is 43.9 Å². The summed E-state index contributed by atoms with van der Waals surface area (Å²) in [6.07, 6.45) is 1.23. The quantitative estimate of drug-likeness (QED) is 0.567. The zero-order chi connectivity index (χ0) is 21.6. The molecule has 1 heterocycles. The van der Waals surface area contributed by atoms with E-state index in [1.165, 1.54) is 0 Å². The van der Waals surface area contributed by atoms with E-state index in [2.05, 4.69) is 35.5 Å². The van der Waals surface area contributed by atoms with E-state index in [1.807, 2.05) is 55.6 Å². The fourth-order valence-corrected chi connectivity index (χ4v) is 3.71. The molecule has 160 valence electrons. The van der Waals surface area contributed by atoms with Gasteiger partial charge in [-0.3, -0.25) is 9.79 Å². The second-order valence-electron chi connectivity index (χ2n) is 8.29. The highest BCUT2D eigenvalue weighted by molar-refractivity contribution is 5.81. The fourth-order valence-electron chi connectivity index (χ4n) is 3.71. The zero-order valence-electron chi connectivity index (χ0n) is 18.3. The van der Waals surface area contributed by atoms with Gasteiger partial charge >= 0.3 is 0 Å². The summed E-state index contributed by atoms with van der Waals surface area (Å²) in [4.78, 5) is 18.6. The highest BCUT2D eigenvalue weighted by Crippen LogP contribution is 2.39. The average molecular weight is 409 g/mol. The van der Waals surface area contributed by atoms with E-state index in [0.717, 1.165) is 23.3 Å². The minimum Gasteiger partial charge on any atom is -0.487 e. The van der Waals surface area contributed by atoms with E-state index >= 15 is 0 Å². The summed E-state index contributed by atoms with van der Waals surface area (Å²) in [5.74, 6) is 1.68. The molecular formula is C24H32N4O2. The molecule has 1 amide bonds. The molecule has 3 rings (SSSR count). The molecule has 2 aromatic carbocycles. The molecule has 0 radical (unpaired) electrons. The first kappa shape index (κ1) is 21.7. The average Bonchev–Trinajstić information content (AvgIpc) is 2.72. The Hall–Kier alpha value is -3.02. The monoisotopic (exact) mass is 408 g/mol. The van der Waals surface area contributed by atoms with Crippen molar-refractivity contribution in [3.05, 3.63) is 65.7 Å². The van der Waals surface area contributed by atoms with Crippen molar-refractivity contribution in [2.45, 2.75) is 44.9 Å². The van der Waals surface area contributed by atoms with Gasteiger partial charge in [0.1, 0.15) is 11.4 Å². The van der Waals surface area contributed by atoms with Crippen molar-refractivity contribution in [2.75, 3.05) is 20.6 Å². The summed E-state index contributed by atoms with van der Waals surface area (Å²) in [6.45, 7) is 5.32. The lowest BCUT2D eigenvalue weighted by molar-refractivity contribution is -0.130. The van der Waals surface area contributed by atoms with E-state index in [0.29, 0.717) is 25.5 Å². The molecular weight excluding hydrogens is 376 g/mol. The van der Waals surface area contributed by atoms with Gasteiger partial charge in [-0.05, 0) is 25.5 Å². The maximum Gasteiger partial charge on any atom is 0.224 e. The molecule has 0 fully saturated rings. The number of guanidine groups is 1. The van der Waals surface area contributed by atoms with Crippen LogP contribution in [0, 0.1) is 0 Å². The molecule has 6 nitrogen and oxygen atoms in total. The van der Waals surface area contributed by atoms with Crippen LogP contribution in [-0.4, -0.2) is 43.0 Å². The number of nitrogens with one attached hydrogen (secondary N) is 2. The largest absolute Gasteiger partial charge is 0.487 e. The summed E-state index contributed by atoms with van der Waals surface area (Å²) < 4.78 is 6.10. The Morgan fingerprint density at radius 1 is 1.17 bits per heavy atom. The Kier molecular flexibility index (Phi) is 6.98. The van der Waals surface area contributed by atoms with Gasteiger partial charge in [-0.25, -0.2) is 0 Å². The Labute approximate surface area is 179 Å². The van der Waals surface area contributed by atoms with E-state index in [9.17, 15) is 4.79 Å². The number of fused-ring (bicyclic) bond motifs is 1. The number of hydrogen-bond donors (Lipinski definition) is 2. The molecule has 6 heteroatoms. The predicted octanol–water partition coefficient (Wildman–Crippen LogP) is 3.50. The van der Waals surface area contributed by atoms with E-state index in [-0.39, 0.29) is 17.6 Å². The standard InChI is InChI=1S/C24H32N4O2/c1-24(2)16-20(19-12-8-9-13-21(19)30-24)27-23(25-3)26-15-14-22(29)28(4)17-18-10-6-5-7-11-18/h5-13,20H,14-17H2,1-4H3,(H2,25,26,27). The molecule has 0 saturated carbocycles. The number of para-hydroxylation sites is 1. The van der Waals surface area contributed by atoms with Crippen molar-refractivity contribution in [3.8, 4) is 5.75 Å². The van der Waals surface area contributed by atoms with Crippen LogP contribution in [-0.2, 0) is 11.3 Å². The van der Waals surface area contributed by atoms with E-state index in [4.69, 9.17) is 4.74 Å². The number of benzene rings is 2. The van der Waals surface area contributed by atoms with Gasteiger partial charge in [0.05, 0.1) is 6.04 Å². The smallest absolute Gasteiger partial charge is 0.224 e. The summed E-state index contributed by atoms with van der Waals surface area (Å²) in [6, 6.07) is 18.2. The van der Waals surface area contributed by atoms with Gasteiger partial charge in [0.2, 0.25) is 5.91 Å². The molecule has 0 aliphatic carbocycles. The first-order valence-electron chi connectivity index (χ1n) is 10.4. The van der Waals surface area contributed by atoms with Crippen molar-refractivity contribution >= 4 is 11.9 Å². The normalized spacial score (nSPS) is 17.5. The van der Waals surface area contributed by atoms with Gasteiger partial charge in [0, 0.05) is 45.6 Å². The van der Waals surface area contributed by atoms with Gasteiger partial charge in [-0.2, -0.15) is 0 Å². The van der Waals surface area contributed by atoms with Crippen LogP contribution in [0.15, 0.2) is 59.6 Å². The van der Waals surface area contributed by atoms with Crippen molar-refractivity contribution in [3.63, 3.8) is 0 Å². The number of ether oxygens (including phenoxy) is 1. The lowest BCUT2D eigenvalue weighted by Crippen LogP contribution is -2.46. The van der Waals surface area contributed by atoms with Crippen LogP contribution in [0.5, 0.6) is 5.75 Å². The molecule has 1 atom stereocenters. The molecule has 0 aromatic heterocycles. The van der Waals surface area contributed by atoms with Crippen LogP contribution in [0.2, 0.25) is 0 Å². The van der Waals surface area contributed by atoms with Crippen LogP contribution in [0.25, 0.3) is 0 Å². The molecule has 2 N–H and O–H groups in total. The third-order valence-corrected chi connectivity index (χ3v) is 5.23. The van der Waals surface area contributed by atoms with Crippen molar-refractivity contribution < 1.29 is 9.53 Å². The Bertz CT molecular complexity index is 880. The number of aliphatic imine (C=N–C) groups is 1. The third-order valence-electron chi connectivity index (χ3n) is 5.23. The molecule has 1 aliphatic heterocycles. The summed E-state index contributed by atoms with van der Waals surface area (Å²) in [5, 5.41) is 6.77. The first-order valence-corrected chi connectivity index (χ1v) is 10.4. The highest BCUT2D eigenvalue weighted by atomic mass is 16.5. The van der Waals surface area contributed by atoms with Crippen LogP contribution in [0.3, 0.4) is 0 Å². The number of nitrogens with zero attached hydrogens (tertiary/aromatic N) is 2. The molecule has 1 aliphatic rings. The Morgan fingerprint density at radius 3 is 2.60 bits per heavy atom. The van der Waals surface area contributed by atoms with Crippen LogP contribution < -0.4 is 15.4 Å². The second-order valence-corrected chi connectivity index (χ2v) is 8.29. The van der Waals surface area contributed by atoms with Crippen molar-refractivity contribution in [1.82, 2.24) is 15.5 Å². The summed E-state index contributed by atoms with van der Waals surface area (Å²) in [7, 11) is 3.58. The predicted molar refractivity (Wildman–Crippen MR) is 121 cm³/mol. The number of carbonyl (C=O) groups is 1. The van der Waals surface area contributed by atoms with E-state index in [1.54, 1.807) is 11.9 Å². The maximum absolute atomic E-state index is 12.5. The van der Waals surface area contributed by atoms with Gasteiger partial charge in [0.25, 0.3) is 0 Å².